The molecule has 0 atom stereocenters. The van der Waals surface area contributed by atoms with Crippen LogP contribution >= 0.6 is 95.6 Å². The molecule has 0 fully saturated rings. The molecule has 0 saturated carbocycles. The van der Waals surface area contributed by atoms with Crippen molar-refractivity contribution < 1.29 is 0 Å². The molecule has 0 unspecified atom stereocenters. The molecule has 0 N–H and O–H groups in total. The number of rotatable bonds is 1. The molecule has 0 spiro atoms. The molecule has 0 aliphatic rings. The van der Waals surface area contributed by atoms with Gasteiger partial charge in [-0.2, -0.15) is 0 Å². The molecular formula is C12H7Br6N3. The molecule has 0 radical (unpaired) electrons. The van der Waals surface area contributed by atoms with Gasteiger partial charge in [0.1, 0.15) is 0 Å². The van der Waals surface area contributed by atoms with Crippen molar-refractivity contribution in [3.05, 3.63) is 41.5 Å². The number of hydrogen-bond acceptors (Lipinski definition) is 3. The summed E-state index contributed by atoms with van der Waals surface area (Å²) in [7, 11) is 0. The number of hydrogen-bond donors (Lipinski definition) is 0. The lowest BCUT2D eigenvalue weighted by atomic mass is 10.1. The maximum Gasteiger partial charge on any atom is 0.194 e. The van der Waals surface area contributed by atoms with Gasteiger partial charge >= 0.3 is 0 Å². The summed E-state index contributed by atoms with van der Waals surface area (Å²) in [6.45, 7) is 2.04. The minimum atomic E-state index is -0.720. The van der Waals surface area contributed by atoms with Crippen LogP contribution in [0, 0.1) is 6.92 Å². The Bertz CT molecular complexity index is 613. The standard InChI is InChI=1S/C12H7Br6N3/c1-6-2-4-7(5-3-6)8-19-9(11(13,14)15)21-10(20-8)12(16,17)18/h2-5H,1H3. The molecule has 9 heteroatoms. The highest BCUT2D eigenvalue weighted by atomic mass is 80.0. The van der Waals surface area contributed by atoms with Crippen molar-refractivity contribution in [1.29, 1.82) is 0 Å². The molecule has 112 valence electrons. The third-order valence-corrected chi connectivity index (χ3v) is 4.58. The van der Waals surface area contributed by atoms with Gasteiger partial charge in [-0.3, -0.25) is 0 Å². The van der Waals surface area contributed by atoms with Crippen LogP contribution in [-0.2, 0) is 4.29 Å². The van der Waals surface area contributed by atoms with Crippen LogP contribution in [-0.4, -0.2) is 15.0 Å². The van der Waals surface area contributed by atoms with Gasteiger partial charge in [-0.15, -0.1) is 0 Å². The van der Waals surface area contributed by atoms with Crippen molar-refractivity contribution in [2.45, 2.75) is 11.2 Å². The molecule has 1 aromatic carbocycles. The van der Waals surface area contributed by atoms with Crippen molar-refractivity contribution in [2.24, 2.45) is 0 Å². The maximum absolute atomic E-state index is 4.49. The predicted octanol–water partition coefficient (Wildman–Crippen LogP) is 6.44. The number of alkyl halides is 6. The number of benzene rings is 1. The molecule has 0 amide bonds. The van der Waals surface area contributed by atoms with Gasteiger partial charge in [0, 0.05) is 5.56 Å². The van der Waals surface area contributed by atoms with Crippen LogP contribution in [0.3, 0.4) is 0 Å². The Morgan fingerprint density at radius 2 is 1.14 bits per heavy atom. The first-order valence-corrected chi connectivity index (χ1v) is 10.3. The Labute approximate surface area is 172 Å². The topological polar surface area (TPSA) is 38.7 Å². The summed E-state index contributed by atoms with van der Waals surface area (Å²) in [6, 6.07) is 8.00. The molecule has 21 heavy (non-hydrogen) atoms. The summed E-state index contributed by atoms with van der Waals surface area (Å²) in [4.78, 5) is 13.4. The van der Waals surface area contributed by atoms with E-state index in [2.05, 4.69) is 111 Å². The summed E-state index contributed by atoms with van der Waals surface area (Å²) in [5.74, 6) is 1.59. The van der Waals surface area contributed by atoms with E-state index in [4.69, 9.17) is 0 Å². The lowest BCUT2D eigenvalue weighted by molar-refractivity contribution is 0.893. The highest BCUT2D eigenvalue weighted by Crippen LogP contribution is 2.46. The van der Waals surface area contributed by atoms with Gasteiger partial charge in [-0.25, -0.2) is 15.0 Å². The third kappa shape index (κ3) is 5.04. The Morgan fingerprint density at radius 1 is 0.714 bits per heavy atom. The van der Waals surface area contributed by atoms with Gasteiger partial charge in [0.25, 0.3) is 0 Å². The van der Waals surface area contributed by atoms with Gasteiger partial charge in [-0.05, 0) is 6.92 Å². The first-order chi connectivity index (χ1) is 9.57. The normalized spacial score (nSPS) is 12.5. The Morgan fingerprint density at radius 3 is 1.52 bits per heavy atom. The molecule has 0 aliphatic carbocycles. The lowest BCUT2D eigenvalue weighted by Crippen LogP contribution is -2.15. The average molecular weight is 673 g/mol. The molecule has 1 heterocycles. The fraction of sp³-hybridized carbons (Fsp3) is 0.250. The molecule has 0 aliphatic heterocycles. The van der Waals surface area contributed by atoms with Crippen LogP contribution in [0.2, 0.25) is 0 Å². The summed E-state index contributed by atoms with van der Waals surface area (Å²) < 4.78 is -1.44. The minimum Gasteiger partial charge on any atom is -0.211 e. The molecular weight excluding hydrogens is 666 g/mol. The van der Waals surface area contributed by atoms with Crippen molar-refractivity contribution in [1.82, 2.24) is 15.0 Å². The van der Waals surface area contributed by atoms with E-state index in [0.717, 1.165) is 5.56 Å². The zero-order valence-electron chi connectivity index (χ0n) is 10.4. The summed E-state index contributed by atoms with van der Waals surface area (Å²) in [6.07, 6.45) is 0. The lowest BCUT2D eigenvalue weighted by Gasteiger charge is -2.17. The molecule has 2 aromatic rings. The Kier molecular flexibility index (Phi) is 6.08. The largest absolute Gasteiger partial charge is 0.211 e. The van der Waals surface area contributed by atoms with E-state index in [1.54, 1.807) is 0 Å². The Balaban J connectivity index is 2.63. The van der Waals surface area contributed by atoms with Crippen molar-refractivity contribution >= 4 is 95.6 Å². The summed E-state index contributed by atoms with van der Waals surface area (Å²) >= 11 is 20.6. The van der Waals surface area contributed by atoms with Crippen molar-refractivity contribution in [3.8, 4) is 11.4 Å². The first kappa shape index (κ1) is 18.4. The second-order valence-corrected chi connectivity index (χ2v) is 17.7. The average Bonchev–Trinajstić information content (AvgIpc) is 2.37. The molecule has 2 rings (SSSR count). The van der Waals surface area contributed by atoms with E-state index in [1.807, 2.05) is 31.2 Å². The Hall–Kier alpha value is 1.11. The zero-order valence-corrected chi connectivity index (χ0v) is 19.9. The van der Waals surface area contributed by atoms with E-state index >= 15 is 0 Å². The van der Waals surface area contributed by atoms with Crippen LogP contribution < -0.4 is 0 Å². The van der Waals surface area contributed by atoms with Crippen LogP contribution in [0.15, 0.2) is 24.3 Å². The van der Waals surface area contributed by atoms with Crippen LogP contribution in [0.5, 0.6) is 0 Å². The fourth-order valence-corrected chi connectivity index (χ4v) is 2.53. The first-order valence-electron chi connectivity index (χ1n) is 5.55. The highest BCUT2D eigenvalue weighted by Gasteiger charge is 2.31. The van der Waals surface area contributed by atoms with Crippen LogP contribution in [0.25, 0.3) is 11.4 Å². The molecule has 3 nitrogen and oxygen atoms in total. The number of nitrogens with zero attached hydrogens (tertiary/aromatic N) is 3. The third-order valence-electron chi connectivity index (χ3n) is 2.45. The van der Waals surface area contributed by atoms with Gasteiger partial charge in [-0.1, -0.05) is 125 Å². The van der Waals surface area contributed by atoms with E-state index in [1.165, 1.54) is 5.56 Å². The van der Waals surface area contributed by atoms with E-state index < -0.39 is 4.29 Å². The summed E-state index contributed by atoms with van der Waals surface area (Å²) in [5.41, 5.74) is 2.10. The summed E-state index contributed by atoms with van der Waals surface area (Å²) in [5, 5.41) is 0. The number of aryl methyl sites for hydroxylation is 1. The zero-order chi connectivity index (χ0) is 15.8. The smallest absolute Gasteiger partial charge is 0.194 e. The second kappa shape index (κ2) is 6.93. The quantitative estimate of drug-likeness (QED) is 0.328. The predicted molar refractivity (Wildman–Crippen MR) is 107 cm³/mol. The van der Waals surface area contributed by atoms with E-state index in [9.17, 15) is 0 Å². The fourth-order valence-electron chi connectivity index (χ4n) is 1.46. The highest BCUT2D eigenvalue weighted by molar-refractivity contribution is 9.39. The van der Waals surface area contributed by atoms with Gasteiger partial charge in [0.05, 0.1) is 0 Å². The maximum atomic E-state index is 4.49. The van der Waals surface area contributed by atoms with E-state index in [-0.39, 0.29) is 0 Å². The minimum absolute atomic E-state index is 0.505. The van der Waals surface area contributed by atoms with Gasteiger partial charge in [0.15, 0.2) is 21.8 Å². The van der Waals surface area contributed by atoms with Gasteiger partial charge in [0.2, 0.25) is 0 Å². The molecule has 1 aromatic heterocycles. The van der Waals surface area contributed by atoms with E-state index in [0.29, 0.717) is 17.5 Å². The number of aromatic nitrogens is 3. The van der Waals surface area contributed by atoms with Crippen LogP contribution in [0.4, 0.5) is 0 Å². The molecule has 0 saturated heterocycles. The monoisotopic (exact) mass is 667 g/mol. The second-order valence-electron chi connectivity index (χ2n) is 4.17. The van der Waals surface area contributed by atoms with Crippen molar-refractivity contribution in [3.63, 3.8) is 0 Å². The molecule has 0 bridgehead atoms. The van der Waals surface area contributed by atoms with Gasteiger partial charge < -0.3 is 0 Å². The number of halogens is 6. The van der Waals surface area contributed by atoms with Crippen molar-refractivity contribution in [2.75, 3.05) is 0 Å². The SMILES string of the molecule is Cc1ccc(-c2nc(C(Br)(Br)Br)nc(C(Br)(Br)Br)n2)cc1. The van der Waals surface area contributed by atoms with Crippen LogP contribution in [0.1, 0.15) is 17.2 Å².